The number of halogens is 2. The van der Waals surface area contributed by atoms with Crippen LogP contribution in [-0.2, 0) is 0 Å². The molecule has 0 saturated carbocycles. The molecule has 2 rings (SSSR count). The Morgan fingerprint density at radius 1 is 1.20 bits per heavy atom. The van der Waals surface area contributed by atoms with Crippen molar-refractivity contribution < 1.29 is 8.78 Å². The van der Waals surface area contributed by atoms with Crippen LogP contribution in [0.3, 0.4) is 0 Å². The van der Waals surface area contributed by atoms with Gasteiger partial charge in [0.15, 0.2) is 11.6 Å². The predicted octanol–water partition coefficient (Wildman–Crippen LogP) is 2.01. The molecule has 0 unspecified atom stereocenters. The van der Waals surface area contributed by atoms with Crippen molar-refractivity contribution in [2.45, 2.75) is 18.8 Å². The number of nitrogen functional groups attached to an aromatic ring is 1. The molecule has 4 heteroatoms. The number of hydrogen-bond donors (Lipinski definition) is 2. The molecular weight excluding hydrogens is 198 g/mol. The van der Waals surface area contributed by atoms with E-state index in [-0.39, 0.29) is 5.69 Å². The van der Waals surface area contributed by atoms with Crippen molar-refractivity contribution in [1.82, 2.24) is 5.32 Å². The Morgan fingerprint density at radius 3 is 2.47 bits per heavy atom. The third-order valence-corrected chi connectivity index (χ3v) is 2.89. The Labute approximate surface area is 87.5 Å². The first-order valence-electron chi connectivity index (χ1n) is 5.13. The molecule has 1 aliphatic rings. The second kappa shape index (κ2) is 4.14. The van der Waals surface area contributed by atoms with Crippen LogP contribution in [0.15, 0.2) is 12.1 Å². The van der Waals surface area contributed by atoms with Crippen molar-refractivity contribution in [1.29, 1.82) is 0 Å². The number of rotatable bonds is 1. The maximum absolute atomic E-state index is 13.1. The molecular formula is C11H14F2N2. The van der Waals surface area contributed by atoms with Gasteiger partial charge in [0.2, 0.25) is 0 Å². The standard InChI is InChI=1S/C11H14F2N2/c12-9-5-8(6-10(14)11(9)13)7-1-3-15-4-2-7/h5-7,15H,1-4,14H2. The maximum Gasteiger partial charge on any atom is 0.181 e. The molecule has 0 aromatic heterocycles. The quantitative estimate of drug-likeness (QED) is 0.699. The zero-order chi connectivity index (χ0) is 10.8. The van der Waals surface area contributed by atoms with Gasteiger partial charge < -0.3 is 11.1 Å². The minimum Gasteiger partial charge on any atom is -0.396 e. The monoisotopic (exact) mass is 212 g/mol. The summed E-state index contributed by atoms with van der Waals surface area (Å²) in [5, 5.41) is 3.23. The fourth-order valence-corrected chi connectivity index (χ4v) is 2.02. The van der Waals surface area contributed by atoms with Crippen molar-refractivity contribution in [3.63, 3.8) is 0 Å². The Kier molecular flexibility index (Phi) is 2.86. The smallest absolute Gasteiger partial charge is 0.181 e. The molecule has 3 N–H and O–H groups in total. The lowest BCUT2D eigenvalue weighted by molar-refractivity contribution is 0.454. The highest BCUT2D eigenvalue weighted by Crippen LogP contribution is 2.28. The Hall–Kier alpha value is -1.16. The molecule has 1 heterocycles. The highest BCUT2D eigenvalue weighted by molar-refractivity contribution is 5.44. The average Bonchev–Trinajstić information content (AvgIpc) is 2.26. The third kappa shape index (κ3) is 2.09. The summed E-state index contributed by atoms with van der Waals surface area (Å²) in [6.07, 6.45) is 1.90. The molecule has 0 radical (unpaired) electrons. The van der Waals surface area contributed by atoms with Crippen LogP contribution < -0.4 is 11.1 Å². The number of nitrogens with two attached hydrogens (primary N) is 1. The van der Waals surface area contributed by atoms with E-state index in [1.54, 1.807) is 6.07 Å². The molecule has 1 aromatic rings. The fraction of sp³-hybridized carbons (Fsp3) is 0.455. The lowest BCUT2D eigenvalue weighted by Crippen LogP contribution is -2.26. The van der Waals surface area contributed by atoms with E-state index < -0.39 is 11.6 Å². The summed E-state index contributed by atoms with van der Waals surface area (Å²) in [6.45, 7) is 1.84. The third-order valence-electron chi connectivity index (χ3n) is 2.89. The van der Waals surface area contributed by atoms with Crippen LogP contribution in [0.4, 0.5) is 14.5 Å². The Balaban J connectivity index is 2.27. The minimum absolute atomic E-state index is 0.0940. The minimum atomic E-state index is -0.937. The molecule has 1 fully saturated rings. The fourth-order valence-electron chi connectivity index (χ4n) is 2.02. The van der Waals surface area contributed by atoms with Gasteiger partial charge in [0.05, 0.1) is 5.69 Å². The second-order valence-electron chi connectivity index (χ2n) is 3.93. The van der Waals surface area contributed by atoms with Gasteiger partial charge in [-0.1, -0.05) is 0 Å². The summed E-state index contributed by atoms with van der Waals surface area (Å²) in [6, 6.07) is 2.82. The van der Waals surface area contributed by atoms with E-state index in [0.29, 0.717) is 5.92 Å². The van der Waals surface area contributed by atoms with Gasteiger partial charge in [-0.15, -0.1) is 0 Å². The highest BCUT2D eigenvalue weighted by atomic mass is 19.2. The van der Waals surface area contributed by atoms with Crippen molar-refractivity contribution in [3.05, 3.63) is 29.3 Å². The van der Waals surface area contributed by atoms with Crippen LogP contribution in [-0.4, -0.2) is 13.1 Å². The highest BCUT2D eigenvalue weighted by Gasteiger charge is 2.18. The first-order valence-corrected chi connectivity index (χ1v) is 5.13. The zero-order valence-electron chi connectivity index (χ0n) is 8.39. The van der Waals surface area contributed by atoms with Gasteiger partial charge in [0.1, 0.15) is 0 Å². The summed E-state index contributed by atoms with van der Waals surface area (Å²) in [5.74, 6) is -1.49. The number of hydrogen-bond acceptors (Lipinski definition) is 2. The summed E-state index contributed by atoms with van der Waals surface area (Å²) in [7, 11) is 0. The van der Waals surface area contributed by atoms with E-state index in [1.807, 2.05) is 0 Å². The zero-order valence-corrected chi connectivity index (χ0v) is 8.39. The van der Waals surface area contributed by atoms with E-state index in [2.05, 4.69) is 5.32 Å². The number of piperidine rings is 1. The molecule has 0 amide bonds. The average molecular weight is 212 g/mol. The first-order chi connectivity index (χ1) is 7.18. The van der Waals surface area contributed by atoms with Gasteiger partial charge >= 0.3 is 0 Å². The summed E-state index contributed by atoms with van der Waals surface area (Å²) < 4.78 is 26.1. The second-order valence-corrected chi connectivity index (χ2v) is 3.93. The van der Waals surface area contributed by atoms with E-state index in [4.69, 9.17) is 5.73 Å². The van der Waals surface area contributed by atoms with Gasteiger partial charge in [0.25, 0.3) is 0 Å². The van der Waals surface area contributed by atoms with E-state index in [0.717, 1.165) is 31.5 Å². The van der Waals surface area contributed by atoms with Crippen molar-refractivity contribution in [2.24, 2.45) is 0 Å². The van der Waals surface area contributed by atoms with Crippen molar-refractivity contribution in [2.75, 3.05) is 18.8 Å². The van der Waals surface area contributed by atoms with E-state index in [9.17, 15) is 8.78 Å². The molecule has 0 atom stereocenters. The summed E-state index contributed by atoms with van der Waals surface area (Å²) >= 11 is 0. The Morgan fingerprint density at radius 2 is 1.87 bits per heavy atom. The van der Waals surface area contributed by atoms with Crippen LogP contribution in [0.25, 0.3) is 0 Å². The molecule has 1 aromatic carbocycles. The SMILES string of the molecule is Nc1cc(C2CCNCC2)cc(F)c1F. The van der Waals surface area contributed by atoms with E-state index >= 15 is 0 Å². The Bertz CT molecular complexity index is 337. The molecule has 15 heavy (non-hydrogen) atoms. The number of nitrogens with one attached hydrogen (secondary N) is 1. The lowest BCUT2D eigenvalue weighted by atomic mass is 9.90. The normalized spacial score (nSPS) is 18.0. The molecule has 2 nitrogen and oxygen atoms in total. The molecule has 1 saturated heterocycles. The molecule has 0 spiro atoms. The molecule has 82 valence electrons. The van der Waals surface area contributed by atoms with Gasteiger partial charge in [0, 0.05) is 0 Å². The largest absolute Gasteiger partial charge is 0.396 e. The van der Waals surface area contributed by atoms with E-state index in [1.165, 1.54) is 6.07 Å². The first kappa shape index (κ1) is 10.4. The van der Waals surface area contributed by atoms with Gasteiger partial charge in [-0.3, -0.25) is 0 Å². The van der Waals surface area contributed by atoms with Crippen LogP contribution in [0.5, 0.6) is 0 Å². The number of benzene rings is 1. The van der Waals surface area contributed by atoms with Crippen molar-refractivity contribution in [3.8, 4) is 0 Å². The van der Waals surface area contributed by atoms with Gasteiger partial charge in [-0.25, -0.2) is 8.78 Å². The summed E-state index contributed by atoms with van der Waals surface area (Å²) in [5.41, 5.74) is 6.12. The maximum atomic E-state index is 13.1. The lowest BCUT2D eigenvalue weighted by Gasteiger charge is -2.23. The molecule has 1 aliphatic heterocycles. The van der Waals surface area contributed by atoms with Crippen LogP contribution in [0.2, 0.25) is 0 Å². The number of anilines is 1. The summed E-state index contributed by atoms with van der Waals surface area (Å²) in [4.78, 5) is 0. The van der Waals surface area contributed by atoms with Crippen LogP contribution in [0, 0.1) is 11.6 Å². The topological polar surface area (TPSA) is 38.0 Å². The van der Waals surface area contributed by atoms with Gasteiger partial charge in [-0.2, -0.15) is 0 Å². The molecule has 0 aliphatic carbocycles. The molecule has 0 bridgehead atoms. The van der Waals surface area contributed by atoms with Gasteiger partial charge in [-0.05, 0) is 49.5 Å². The van der Waals surface area contributed by atoms with Crippen LogP contribution in [0.1, 0.15) is 24.3 Å². The predicted molar refractivity (Wildman–Crippen MR) is 55.6 cm³/mol. The van der Waals surface area contributed by atoms with Crippen molar-refractivity contribution >= 4 is 5.69 Å². The van der Waals surface area contributed by atoms with Crippen LogP contribution >= 0.6 is 0 Å².